The van der Waals surface area contributed by atoms with Crippen molar-refractivity contribution in [2.75, 3.05) is 5.32 Å². The van der Waals surface area contributed by atoms with Gasteiger partial charge in [0.25, 0.3) is 0 Å². The number of rotatable bonds is 16. The van der Waals surface area contributed by atoms with Gasteiger partial charge in [0, 0.05) is 11.4 Å². The molecule has 0 aromatic heterocycles. The first kappa shape index (κ1) is 31.9. The molecule has 1 rings (SSSR count). The minimum absolute atomic E-state index is 0.131. The third-order valence-corrected chi connectivity index (χ3v) is 6.78. The zero-order chi connectivity index (χ0) is 25.4. The second-order valence-electron chi connectivity index (χ2n) is 8.40. The van der Waals surface area contributed by atoms with Gasteiger partial charge in [0.15, 0.2) is 5.11 Å². The number of anilines is 1. The van der Waals surface area contributed by atoms with Crippen molar-refractivity contribution in [2.24, 2.45) is 0 Å². The normalized spacial score (nSPS) is 12.3. The number of carbonyl (C=O) groups is 1. The van der Waals surface area contributed by atoms with E-state index in [0.717, 1.165) is 19.3 Å². The Bertz CT molecular complexity index is 746. The Morgan fingerprint density at radius 3 is 1.94 bits per heavy atom. The van der Waals surface area contributed by atoms with Crippen molar-refractivity contribution in [3.63, 3.8) is 0 Å². The predicted molar refractivity (Wildman–Crippen MR) is 154 cm³/mol. The number of hydrogen-bond acceptors (Lipinski definition) is 2. The van der Waals surface area contributed by atoms with Gasteiger partial charge in [-0.1, -0.05) is 136 Å². The Morgan fingerprint density at radius 2 is 1.41 bits per heavy atom. The second-order valence-corrected chi connectivity index (χ2v) is 12.0. The predicted octanol–water partition coefficient (Wildman–Crippen LogP) is 9.18. The smallest absolute Gasteiger partial charge is 0.228 e. The van der Waals surface area contributed by atoms with E-state index < -0.39 is 9.96 Å². The summed E-state index contributed by atoms with van der Waals surface area (Å²) in [4.78, 5) is 12.4. The molecule has 34 heavy (non-hydrogen) atoms. The van der Waals surface area contributed by atoms with Gasteiger partial charge in [-0.2, -0.15) is 0 Å². The van der Waals surface area contributed by atoms with Crippen LogP contribution in [0.5, 0.6) is 0 Å². The van der Waals surface area contributed by atoms with Crippen LogP contribution in [0, 0.1) is 0 Å². The molecule has 0 radical (unpaired) electrons. The maximum Gasteiger partial charge on any atom is 0.228 e. The lowest BCUT2D eigenvalue weighted by Crippen LogP contribution is -2.56. The molecule has 0 bridgehead atoms. The summed E-state index contributed by atoms with van der Waals surface area (Å²) >= 11 is 35.5. The lowest BCUT2D eigenvalue weighted by atomic mass is 10.0. The summed E-state index contributed by atoms with van der Waals surface area (Å²) in [7, 11) is 0. The quantitative estimate of drug-likeness (QED) is 0.0776. The Morgan fingerprint density at radius 1 is 0.882 bits per heavy atom. The molecule has 1 atom stereocenters. The molecule has 0 unspecified atom stereocenters. The largest absolute Gasteiger partial charge is 0.339 e. The van der Waals surface area contributed by atoms with E-state index in [9.17, 15) is 4.79 Å². The summed E-state index contributed by atoms with van der Waals surface area (Å²) in [6.45, 7) is 2.24. The highest BCUT2D eigenvalue weighted by molar-refractivity contribution is 7.80. The van der Waals surface area contributed by atoms with Crippen LogP contribution in [0.25, 0.3) is 0 Å². The molecule has 194 valence electrons. The van der Waals surface area contributed by atoms with E-state index in [1.807, 2.05) is 0 Å². The van der Waals surface area contributed by atoms with Crippen LogP contribution in [0.2, 0.25) is 10.0 Å². The molecule has 0 spiro atoms. The van der Waals surface area contributed by atoms with Gasteiger partial charge in [0.05, 0.1) is 10.7 Å². The number of halogens is 5. The molecule has 0 saturated heterocycles. The van der Waals surface area contributed by atoms with E-state index in [4.69, 9.17) is 70.2 Å². The first-order valence-electron chi connectivity index (χ1n) is 12.0. The summed E-state index contributed by atoms with van der Waals surface area (Å²) < 4.78 is -1.81. The zero-order valence-corrected chi connectivity index (χ0v) is 24.3. The monoisotopic (exact) mass is 589 g/mol. The van der Waals surface area contributed by atoms with Crippen LogP contribution in [0.15, 0.2) is 18.2 Å². The van der Waals surface area contributed by atoms with Crippen molar-refractivity contribution >= 4 is 86.9 Å². The average molecular weight is 592 g/mol. The maximum atomic E-state index is 12.4. The molecule has 0 heterocycles. The van der Waals surface area contributed by atoms with Crippen LogP contribution >= 0.6 is 70.2 Å². The first-order chi connectivity index (χ1) is 16.1. The van der Waals surface area contributed by atoms with Crippen molar-refractivity contribution < 1.29 is 4.79 Å². The fourth-order valence-electron chi connectivity index (χ4n) is 3.44. The van der Waals surface area contributed by atoms with Gasteiger partial charge in [-0.25, -0.2) is 0 Å². The Balaban J connectivity index is 2.27. The number of benzene rings is 1. The van der Waals surface area contributed by atoms with Gasteiger partial charge in [0.1, 0.15) is 6.17 Å². The third kappa shape index (κ3) is 15.1. The Labute approximate surface area is 235 Å². The van der Waals surface area contributed by atoms with Crippen LogP contribution in [0.1, 0.15) is 90.4 Å². The topological polar surface area (TPSA) is 53.2 Å². The number of nitrogens with one attached hydrogen (secondary N) is 3. The number of carbonyl (C=O) groups excluding carboxylic acids is 1. The van der Waals surface area contributed by atoms with Crippen LogP contribution in [-0.4, -0.2) is 21.0 Å². The van der Waals surface area contributed by atoms with Gasteiger partial charge in [-0.3, -0.25) is 4.79 Å². The SMILES string of the molecule is CCCCCCCCCCCCCCC(=O)N[C@@H](NC(=S)Nc1cc(Cl)ccc1Cl)C(Cl)(Cl)Cl. The molecule has 3 N–H and O–H groups in total. The molecule has 0 aliphatic heterocycles. The summed E-state index contributed by atoms with van der Waals surface area (Å²) in [5.74, 6) is -0.209. The van der Waals surface area contributed by atoms with Gasteiger partial charge < -0.3 is 16.0 Å². The fraction of sp³-hybridized carbons (Fsp3) is 0.667. The molecule has 4 nitrogen and oxygen atoms in total. The van der Waals surface area contributed by atoms with Crippen LogP contribution in [0.3, 0.4) is 0 Å². The van der Waals surface area contributed by atoms with Crippen molar-refractivity contribution in [3.8, 4) is 0 Å². The molecule has 0 fully saturated rings. The fourth-order valence-corrected chi connectivity index (χ4v) is 4.33. The second kappa shape index (κ2) is 18.1. The Kier molecular flexibility index (Phi) is 17.0. The van der Waals surface area contributed by atoms with Gasteiger partial charge in [-0.15, -0.1) is 0 Å². The minimum Gasteiger partial charge on any atom is -0.339 e. The molecule has 1 aromatic rings. The Hall–Kier alpha value is -0.170. The number of alkyl halides is 3. The number of thiocarbonyl (C=S) groups is 1. The summed E-state index contributed by atoms with van der Waals surface area (Å²) in [6, 6.07) is 4.91. The lowest BCUT2D eigenvalue weighted by Gasteiger charge is -2.28. The molecular formula is C24H36Cl5N3OS. The minimum atomic E-state index is -1.81. The zero-order valence-electron chi connectivity index (χ0n) is 19.7. The van der Waals surface area contributed by atoms with Crippen molar-refractivity contribution in [1.82, 2.24) is 10.6 Å². The summed E-state index contributed by atoms with van der Waals surface area (Å²) in [5, 5.41) is 9.47. The molecular weight excluding hydrogens is 556 g/mol. The summed E-state index contributed by atoms with van der Waals surface area (Å²) in [5.41, 5.74) is 0.498. The van der Waals surface area contributed by atoms with E-state index in [0.29, 0.717) is 22.2 Å². The molecule has 0 aliphatic carbocycles. The van der Waals surface area contributed by atoms with E-state index >= 15 is 0 Å². The third-order valence-electron chi connectivity index (χ3n) is 5.34. The number of unbranched alkanes of at least 4 members (excludes halogenated alkanes) is 11. The maximum absolute atomic E-state index is 12.4. The molecule has 1 amide bonds. The summed E-state index contributed by atoms with van der Waals surface area (Å²) in [6.07, 6.45) is 14.1. The van der Waals surface area contributed by atoms with Crippen LogP contribution in [-0.2, 0) is 4.79 Å². The van der Waals surface area contributed by atoms with E-state index in [2.05, 4.69) is 22.9 Å². The molecule has 0 aliphatic rings. The number of hydrogen-bond donors (Lipinski definition) is 3. The highest BCUT2D eigenvalue weighted by atomic mass is 35.6. The molecule has 10 heteroatoms. The highest BCUT2D eigenvalue weighted by Crippen LogP contribution is 2.30. The van der Waals surface area contributed by atoms with Crippen molar-refractivity contribution in [3.05, 3.63) is 28.2 Å². The standard InChI is InChI=1S/C24H36Cl5N3OS/c1-2-3-4-5-6-7-8-9-10-11-12-13-14-21(33)31-22(24(27,28)29)32-23(34)30-20-17-18(25)15-16-19(20)26/h15-17,22H,2-14H2,1H3,(H,31,33)(H2,30,32,34)/t22-/m0/s1. The highest BCUT2D eigenvalue weighted by Gasteiger charge is 2.34. The number of amides is 1. The first-order valence-corrected chi connectivity index (χ1v) is 14.3. The van der Waals surface area contributed by atoms with E-state index in [-0.39, 0.29) is 11.0 Å². The lowest BCUT2D eigenvalue weighted by molar-refractivity contribution is -0.122. The van der Waals surface area contributed by atoms with Crippen LogP contribution < -0.4 is 16.0 Å². The molecule has 1 aromatic carbocycles. The van der Waals surface area contributed by atoms with Crippen LogP contribution in [0.4, 0.5) is 5.69 Å². The van der Waals surface area contributed by atoms with Crippen molar-refractivity contribution in [1.29, 1.82) is 0 Å². The molecule has 0 saturated carbocycles. The van der Waals surface area contributed by atoms with Crippen molar-refractivity contribution in [2.45, 2.75) is 100 Å². The van der Waals surface area contributed by atoms with Gasteiger partial charge in [-0.05, 0) is 36.8 Å². The van der Waals surface area contributed by atoms with Gasteiger partial charge in [0.2, 0.25) is 9.70 Å². The van der Waals surface area contributed by atoms with Gasteiger partial charge >= 0.3 is 0 Å². The van der Waals surface area contributed by atoms with E-state index in [1.54, 1.807) is 18.2 Å². The van der Waals surface area contributed by atoms with E-state index in [1.165, 1.54) is 57.8 Å². The average Bonchev–Trinajstić information content (AvgIpc) is 2.76.